The molecule has 4 rings (SSSR count). The van der Waals surface area contributed by atoms with E-state index < -0.39 is 18.5 Å². The van der Waals surface area contributed by atoms with E-state index in [2.05, 4.69) is 20.8 Å². The Morgan fingerprint density at radius 1 is 1.14 bits per heavy atom. The van der Waals surface area contributed by atoms with Gasteiger partial charge in [0, 0.05) is 0 Å². The molecule has 0 saturated carbocycles. The van der Waals surface area contributed by atoms with Crippen molar-refractivity contribution in [3.8, 4) is 17.2 Å². The summed E-state index contributed by atoms with van der Waals surface area (Å²) in [7, 11) is 0. The molecule has 0 unspecified atom stereocenters. The summed E-state index contributed by atoms with van der Waals surface area (Å²) in [6, 6.07) is 14.0. The number of para-hydroxylation sites is 3. The number of ether oxygens (including phenoxy) is 3. The number of rotatable bonds is 6. The van der Waals surface area contributed by atoms with Gasteiger partial charge in [-0.3, -0.25) is 4.79 Å². The molecule has 0 aliphatic carbocycles. The maximum Gasteiger partial charge on any atom is 0.340 e. The second-order valence-electron chi connectivity index (χ2n) is 6.15. The predicted molar refractivity (Wildman–Crippen MR) is 98.8 cm³/mol. The number of aromatic nitrogens is 4. The molecular weight excluding hydrogens is 378 g/mol. The molecular formula is C19H17N5O5. The zero-order valence-corrected chi connectivity index (χ0v) is 15.2. The highest BCUT2D eigenvalue weighted by atomic mass is 16.6. The van der Waals surface area contributed by atoms with Crippen LogP contribution in [0.25, 0.3) is 5.69 Å². The summed E-state index contributed by atoms with van der Waals surface area (Å²) in [5.41, 5.74) is 0.697. The zero-order chi connectivity index (χ0) is 20.1. The maximum atomic E-state index is 12.4. The van der Waals surface area contributed by atoms with Gasteiger partial charge in [0.15, 0.2) is 18.1 Å². The van der Waals surface area contributed by atoms with E-state index >= 15 is 0 Å². The zero-order valence-electron chi connectivity index (χ0n) is 15.2. The molecule has 0 fully saturated rings. The van der Waals surface area contributed by atoms with Crippen LogP contribution in [-0.2, 0) is 9.53 Å². The number of nitrogens with zero attached hydrogens (tertiary/aromatic N) is 4. The first-order valence-corrected chi connectivity index (χ1v) is 8.85. The highest BCUT2D eigenvalue weighted by Crippen LogP contribution is 2.30. The van der Waals surface area contributed by atoms with Gasteiger partial charge in [-0.1, -0.05) is 24.3 Å². The summed E-state index contributed by atoms with van der Waals surface area (Å²) in [5, 5.41) is 13.5. The Morgan fingerprint density at radius 3 is 2.76 bits per heavy atom. The van der Waals surface area contributed by atoms with E-state index in [9.17, 15) is 9.59 Å². The van der Waals surface area contributed by atoms with E-state index in [0.29, 0.717) is 23.8 Å². The van der Waals surface area contributed by atoms with Gasteiger partial charge in [0.25, 0.3) is 5.91 Å². The lowest BCUT2D eigenvalue weighted by atomic mass is 10.2. The molecule has 1 aromatic heterocycles. The van der Waals surface area contributed by atoms with Crippen LogP contribution in [0.2, 0.25) is 0 Å². The molecule has 29 heavy (non-hydrogen) atoms. The van der Waals surface area contributed by atoms with Crippen LogP contribution in [0, 0.1) is 0 Å². The first kappa shape index (κ1) is 18.4. The highest BCUT2D eigenvalue weighted by Gasteiger charge is 2.21. The van der Waals surface area contributed by atoms with Crippen molar-refractivity contribution in [3.63, 3.8) is 0 Å². The maximum absolute atomic E-state index is 12.4. The van der Waals surface area contributed by atoms with E-state index in [1.54, 1.807) is 30.3 Å². The van der Waals surface area contributed by atoms with Crippen molar-refractivity contribution in [2.75, 3.05) is 19.8 Å². The Bertz CT molecular complexity index is 1010. The summed E-state index contributed by atoms with van der Waals surface area (Å²) >= 11 is 0. The molecule has 0 radical (unpaired) electrons. The van der Waals surface area contributed by atoms with Gasteiger partial charge in [-0.25, -0.2) is 4.79 Å². The van der Waals surface area contributed by atoms with Crippen molar-refractivity contribution in [1.82, 2.24) is 25.5 Å². The fourth-order valence-electron chi connectivity index (χ4n) is 2.77. The largest absolute Gasteiger partial charge is 0.486 e. The van der Waals surface area contributed by atoms with Crippen LogP contribution >= 0.6 is 0 Å². The molecule has 1 aliphatic heterocycles. The smallest absolute Gasteiger partial charge is 0.340 e. The summed E-state index contributed by atoms with van der Waals surface area (Å²) in [5.74, 6) is 0.201. The van der Waals surface area contributed by atoms with Crippen molar-refractivity contribution in [2.24, 2.45) is 0 Å². The van der Waals surface area contributed by atoms with Gasteiger partial charge in [-0.2, -0.15) is 4.68 Å². The Labute approximate surface area is 165 Å². The van der Waals surface area contributed by atoms with Gasteiger partial charge in [0.1, 0.15) is 19.0 Å². The van der Waals surface area contributed by atoms with E-state index in [0.717, 1.165) is 0 Å². The van der Waals surface area contributed by atoms with Gasteiger partial charge < -0.3 is 19.5 Å². The quantitative estimate of drug-likeness (QED) is 0.609. The molecule has 10 nitrogen and oxygen atoms in total. The number of amides is 1. The summed E-state index contributed by atoms with van der Waals surface area (Å²) < 4.78 is 17.8. The highest BCUT2D eigenvalue weighted by molar-refractivity contribution is 5.94. The van der Waals surface area contributed by atoms with Crippen molar-refractivity contribution in [2.45, 2.75) is 6.10 Å². The molecule has 1 aliphatic rings. The summed E-state index contributed by atoms with van der Waals surface area (Å²) in [4.78, 5) is 24.4. The van der Waals surface area contributed by atoms with E-state index in [4.69, 9.17) is 14.2 Å². The molecule has 3 aromatic rings. The Balaban J connectivity index is 1.28. The number of tetrazole rings is 1. The fourth-order valence-corrected chi connectivity index (χ4v) is 2.77. The lowest BCUT2D eigenvalue weighted by Crippen LogP contribution is -2.42. The molecule has 2 aromatic carbocycles. The van der Waals surface area contributed by atoms with Crippen LogP contribution in [0.4, 0.5) is 0 Å². The first-order valence-electron chi connectivity index (χ1n) is 8.85. The molecule has 1 N–H and O–H groups in total. The van der Waals surface area contributed by atoms with Gasteiger partial charge in [0.05, 0.1) is 17.8 Å². The van der Waals surface area contributed by atoms with Crippen molar-refractivity contribution >= 4 is 11.9 Å². The molecule has 10 heteroatoms. The molecule has 2 heterocycles. The summed E-state index contributed by atoms with van der Waals surface area (Å²) in [6.07, 6.45) is 1.04. The predicted octanol–water partition coefficient (Wildman–Crippen LogP) is 0.775. The number of benzene rings is 2. The van der Waals surface area contributed by atoms with Crippen LogP contribution in [0.5, 0.6) is 11.5 Å². The minimum absolute atomic E-state index is 0.228. The minimum atomic E-state index is -0.655. The number of hydrogen-bond donors (Lipinski definition) is 1. The van der Waals surface area contributed by atoms with Crippen LogP contribution in [0.15, 0.2) is 54.9 Å². The monoisotopic (exact) mass is 395 g/mol. The van der Waals surface area contributed by atoms with E-state index in [1.165, 1.54) is 11.0 Å². The van der Waals surface area contributed by atoms with Gasteiger partial charge in [-0.05, 0) is 34.7 Å². The number of carbonyl (C=O) groups excluding carboxylic acids is 2. The third-order valence-electron chi connectivity index (χ3n) is 4.15. The average molecular weight is 395 g/mol. The number of hydrogen-bond acceptors (Lipinski definition) is 8. The third kappa shape index (κ3) is 4.32. The lowest BCUT2D eigenvalue weighted by molar-refractivity contribution is -0.124. The molecule has 0 spiro atoms. The van der Waals surface area contributed by atoms with Crippen LogP contribution in [0.1, 0.15) is 10.4 Å². The Hall–Kier alpha value is -3.95. The Morgan fingerprint density at radius 2 is 1.93 bits per heavy atom. The fraction of sp³-hybridized carbons (Fsp3) is 0.211. The molecule has 0 bridgehead atoms. The van der Waals surface area contributed by atoms with Crippen molar-refractivity contribution < 1.29 is 23.8 Å². The second-order valence-corrected chi connectivity index (χ2v) is 6.15. The molecule has 1 amide bonds. The number of esters is 1. The Kier molecular flexibility index (Phi) is 5.32. The SMILES string of the molecule is O=C(COC(=O)c1ccccc1-n1cnnn1)NC[C@@H]1COc2ccccc2O1. The third-order valence-corrected chi connectivity index (χ3v) is 4.15. The normalized spacial score (nSPS) is 14.8. The van der Waals surface area contributed by atoms with Crippen molar-refractivity contribution in [3.05, 3.63) is 60.4 Å². The van der Waals surface area contributed by atoms with Gasteiger partial charge >= 0.3 is 5.97 Å². The number of fused-ring (bicyclic) bond motifs is 1. The minimum Gasteiger partial charge on any atom is -0.486 e. The lowest BCUT2D eigenvalue weighted by Gasteiger charge is -2.26. The summed E-state index contributed by atoms with van der Waals surface area (Å²) in [6.45, 7) is 0.120. The average Bonchev–Trinajstić information content (AvgIpc) is 3.30. The topological polar surface area (TPSA) is 117 Å². The van der Waals surface area contributed by atoms with Crippen molar-refractivity contribution in [1.29, 1.82) is 0 Å². The van der Waals surface area contributed by atoms with Crippen LogP contribution in [0.3, 0.4) is 0 Å². The van der Waals surface area contributed by atoms with Crippen LogP contribution in [-0.4, -0.2) is 57.9 Å². The van der Waals surface area contributed by atoms with Gasteiger partial charge in [0.2, 0.25) is 0 Å². The first-order chi connectivity index (χ1) is 14.2. The van der Waals surface area contributed by atoms with E-state index in [1.807, 2.05) is 18.2 Å². The number of carbonyl (C=O) groups is 2. The second kappa shape index (κ2) is 8.38. The molecule has 1 atom stereocenters. The van der Waals surface area contributed by atoms with E-state index in [-0.39, 0.29) is 18.2 Å². The number of nitrogens with one attached hydrogen (secondary N) is 1. The van der Waals surface area contributed by atoms with Gasteiger partial charge in [-0.15, -0.1) is 5.10 Å². The standard InChI is InChI=1S/C19H17N5O5/c25-18(20-9-13-10-27-16-7-3-4-8-17(16)29-13)11-28-19(26)14-5-1-2-6-15(14)24-12-21-22-23-24/h1-8,12-13H,9-11H2,(H,20,25)/t13-/m1/s1. The molecule has 148 valence electrons. The molecule has 0 saturated heterocycles. The van der Waals surface area contributed by atoms with Crippen LogP contribution < -0.4 is 14.8 Å².